The Bertz CT molecular complexity index is 494. The Morgan fingerprint density at radius 3 is 2.75 bits per heavy atom. The van der Waals surface area contributed by atoms with Gasteiger partial charge in [-0.3, -0.25) is 9.58 Å². The molecule has 0 atom stereocenters. The van der Waals surface area contributed by atoms with Crippen LogP contribution >= 0.6 is 0 Å². The Kier molecular flexibility index (Phi) is 5.70. The Hall–Kier alpha value is -1.72. The van der Waals surface area contributed by atoms with Crippen molar-refractivity contribution in [1.82, 2.24) is 25.2 Å². The third-order valence-corrected chi connectivity index (χ3v) is 3.29. The molecule has 2 rings (SSSR count). The van der Waals surface area contributed by atoms with E-state index in [1.165, 1.54) is 5.56 Å². The summed E-state index contributed by atoms with van der Waals surface area (Å²) >= 11 is 0. The molecule has 0 saturated carbocycles. The molecule has 1 N–H and O–H groups in total. The third-order valence-electron chi connectivity index (χ3n) is 3.29. The molecule has 0 fully saturated rings. The van der Waals surface area contributed by atoms with E-state index in [0.29, 0.717) is 0 Å². The fourth-order valence-corrected chi connectivity index (χ4v) is 2.14. The van der Waals surface area contributed by atoms with Crippen LogP contribution in [-0.4, -0.2) is 40.0 Å². The van der Waals surface area contributed by atoms with Crippen LogP contribution in [-0.2, 0) is 19.6 Å². The molecule has 0 spiro atoms. The van der Waals surface area contributed by atoms with E-state index in [-0.39, 0.29) is 0 Å². The molecule has 0 bridgehead atoms. The molecule has 0 aliphatic carbocycles. The van der Waals surface area contributed by atoms with E-state index < -0.39 is 0 Å². The van der Waals surface area contributed by atoms with Gasteiger partial charge >= 0.3 is 0 Å². The number of likely N-dealkylation sites (N-methyl/N-ethyl adjacent to an activating group) is 1. The second-order valence-electron chi connectivity index (χ2n) is 4.86. The summed E-state index contributed by atoms with van der Waals surface area (Å²) in [7, 11) is 1.91. The molecular weight excluding hydrogens is 250 g/mol. The molecule has 1 heterocycles. The van der Waals surface area contributed by atoms with Crippen LogP contribution in [0.3, 0.4) is 0 Å². The van der Waals surface area contributed by atoms with E-state index in [1.807, 2.05) is 17.9 Å². The highest BCUT2D eigenvalue weighted by Gasteiger charge is 2.05. The molecular formula is C15H23N5. The van der Waals surface area contributed by atoms with Gasteiger partial charge in [0, 0.05) is 25.8 Å². The van der Waals surface area contributed by atoms with Gasteiger partial charge in [0.1, 0.15) is 0 Å². The second kappa shape index (κ2) is 7.77. The lowest BCUT2D eigenvalue weighted by molar-refractivity contribution is 0.262. The maximum atomic E-state index is 4.15. The van der Waals surface area contributed by atoms with Gasteiger partial charge in [0.05, 0.1) is 12.2 Å². The minimum absolute atomic E-state index is 0.765. The fourth-order valence-electron chi connectivity index (χ4n) is 2.14. The zero-order valence-electron chi connectivity index (χ0n) is 12.3. The number of nitrogens with zero attached hydrogens (tertiary/aromatic N) is 4. The Balaban J connectivity index is 1.83. The van der Waals surface area contributed by atoms with Crippen molar-refractivity contribution in [2.45, 2.75) is 26.6 Å². The highest BCUT2D eigenvalue weighted by Crippen LogP contribution is 2.04. The number of nitrogens with one attached hydrogen (secondary N) is 1. The summed E-state index contributed by atoms with van der Waals surface area (Å²) in [6.45, 7) is 6.83. The van der Waals surface area contributed by atoms with Crippen LogP contribution in [0.25, 0.3) is 0 Å². The van der Waals surface area contributed by atoms with E-state index in [9.17, 15) is 0 Å². The molecule has 0 aliphatic heterocycles. The van der Waals surface area contributed by atoms with Crippen molar-refractivity contribution < 1.29 is 0 Å². The van der Waals surface area contributed by atoms with Crippen LogP contribution in [0.5, 0.6) is 0 Å². The fraction of sp³-hybridized carbons (Fsp3) is 0.467. The Labute approximate surface area is 120 Å². The van der Waals surface area contributed by atoms with Crippen LogP contribution < -0.4 is 5.32 Å². The standard InChI is InChI=1S/C15H23N5/c1-3-19(12-14-7-5-4-6-8-14)9-10-20-13-15(11-16-2)17-18-20/h4-8,13,16H,3,9-12H2,1-2H3. The number of benzene rings is 1. The number of hydrogen-bond acceptors (Lipinski definition) is 4. The van der Waals surface area contributed by atoms with E-state index in [1.54, 1.807) is 0 Å². The molecule has 0 saturated heterocycles. The molecule has 1 aromatic heterocycles. The van der Waals surface area contributed by atoms with Crippen LogP contribution in [0.4, 0.5) is 0 Å². The molecule has 0 amide bonds. The molecule has 0 radical (unpaired) electrons. The van der Waals surface area contributed by atoms with Gasteiger partial charge in [-0.25, -0.2) is 0 Å². The van der Waals surface area contributed by atoms with E-state index in [2.05, 4.69) is 57.8 Å². The van der Waals surface area contributed by atoms with Gasteiger partial charge in [-0.1, -0.05) is 42.5 Å². The van der Waals surface area contributed by atoms with Crippen molar-refractivity contribution in [3.05, 3.63) is 47.8 Å². The molecule has 108 valence electrons. The van der Waals surface area contributed by atoms with Crippen molar-refractivity contribution in [2.75, 3.05) is 20.1 Å². The number of aromatic nitrogens is 3. The van der Waals surface area contributed by atoms with Crippen molar-refractivity contribution in [3.8, 4) is 0 Å². The molecule has 1 aromatic carbocycles. The zero-order valence-corrected chi connectivity index (χ0v) is 12.3. The summed E-state index contributed by atoms with van der Waals surface area (Å²) < 4.78 is 1.92. The maximum absolute atomic E-state index is 4.15. The average molecular weight is 273 g/mol. The largest absolute Gasteiger partial charge is 0.314 e. The minimum Gasteiger partial charge on any atom is -0.314 e. The van der Waals surface area contributed by atoms with E-state index >= 15 is 0 Å². The first-order valence-corrected chi connectivity index (χ1v) is 7.11. The highest BCUT2D eigenvalue weighted by molar-refractivity contribution is 5.14. The monoisotopic (exact) mass is 273 g/mol. The SMILES string of the molecule is CCN(CCn1cc(CNC)nn1)Cc1ccccc1. The summed E-state index contributed by atoms with van der Waals surface area (Å²) in [5.74, 6) is 0. The highest BCUT2D eigenvalue weighted by atomic mass is 15.4. The molecule has 5 heteroatoms. The van der Waals surface area contributed by atoms with Gasteiger partial charge in [-0.05, 0) is 19.2 Å². The van der Waals surface area contributed by atoms with E-state index in [4.69, 9.17) is 0 Å². The zero-order chi connectivity index (χ0) is 14.2. The predicted octanol–water partition coefficient (Wildman–Crippen LogP) is 1.52. The van der Waals surface area contributed by atoms with Crippen LogP contribution in [0.2, 0.25) is 0 Å². The summed E-state index contributed by atoms with van der Waals surface area (Å²) in [6, 6.07) is 10.6. The van der Waals surface area contributed by atoms with Crippen molar-refractivity contribution in [2.24, 2.45) is 0 Å². The van der Waals surface area contributed by atoms with Crippen LogP contribution in [0.15, 0.2) is 36.5 Å². The summed E-state index contributed by atoms with van der Waals surface area (Å²) in [5.41, 5.74) is 2.34. The molecule has 20 heavy (non-hydrogen) atoms. The summed E-state index contributed by atoms with van der Waals surface area (Å²) in [6.07, 6.45) is 2.01. The first kappa shape index (κ1) is 14.7. The smallest absolute Gasteiger partial charge is 0.0964 e. The Morgan fingerprint density at radius 2 is 2.05 bits per heavy atom. The maximum Gasteiger partial charge on any atom is 0.0964 e. The van der Waals surface area contributed by atoms with Crippen molar-refractivity contribution in [3.63, 3.8) is 0 Å². The van der Waals surface area contributed by atoms with Gasteiger partial charge in [-0.15, -0.1) is 5.10 Å². The Morgan fingerprint density at radius 1 is 1.25 bits per heavy atom. The lowest BCUT2D eigenvalue weighted by Gasteiger charge is -2.20. The first-order valence-electron chi connectivity index (χ1n) is 7.11. The van der Waals surface area contributed by atoms with Gasteiger partial charge in [0.15, 0.2) is 0 Å². The third kappa shape index (κ3) is 4.43. The topological polar surface area (TPSA) is 46.0 Å². The number of rotatable bonds is 8. The molecule has 0 aliphatic rings. The summed E-state index contributed by atoms with van der Waals surface area (Å²) in [4.78, 5) is 2.41. The average Bonchev–Trinajstić information content (AvgIpc) is 2.92. The van der Waals surface area contributed by atoms with Gasteiger partial charge < -0.3 is 5.32 Å². The molecule has 5 nitrogen and oxygen atoms in total. The van der Waals surface area contributed by atoms with E-state index in [0.717, 1.165) is 38.4 Å². The molecule has 2 aromatic rings. The first-order chi connectivity index (χ1) is 9.81. The van der Waals surface area contributed by atoms with Gasteiger partial charge in [-0.2, -0.15) is 0 Å². The number of hydrogen-bond donors (Lipinski definition) is 1. The quantitative estimate of drug-likeness (QED) is 0.792. The van der Waals surface area contributed by atoms with Crippen LogP contribution in [0, 0.1) is 0 Å². The van der Waals surface area contributed by atoms with Crippen molar-refractivity contribution >= 4 is 0 Å². The van der Waals surface area contributed by atoms with Gasteiger partial charge in [0.25, 0.3) is 0 Å². The van der Waals surface area contributed by atoms with Crippen molar-refractivity contribution in [1.29, 1.82) is 0 Å². The van der Waals surface area contributed by atoms with Crippen LogP contribution in [0.1, 0.15) is 18.2 Å². The lowest BCUT2D eigenvalue weighted by Crippen LogP contribution is -2.27. The lowest BCUT2D eigenvalue weighted by atomic mass is 10.2. The minimum atomic E-state index is 0.765. The second-order valence-corrected chi connectivity index (χ2v) is 4.86. The normalized spacial score (nSPS) is 11.2. The predicted molar refractivity (Wildman–Crippen MR) is 80.2 cm³/mol. The van der Waals surface area contributed by atoms with Gasteiger partial charge in [0.2, 0.25) is 0 Å². The summed E-state index contributed by atoms with van der Waals surface area (Å²) in [5, 5.41) is 11.4. The molecule has 0 unspecified atom stereocenters.